The van der Waals surface area contributed by atoms with Crippen molar-refractivity contribution in [3.63, 3.8) is 0 Å². The van der Waals surface area contributed by atoms with E-state index in [0.717, 1.165) is 12.8 Å². The summed E-state index contributed by atoms with van der Waals surface area (Å²) in [5.74, 6) is 0. The highest BCUT2D eigenvalue weighted by Gasteiger charge is 2.23. The van der Waals surface area contributed by atoms with Crippen molar-refractivity contribution < 1.29 is 10.2 Å². The maximum Gasteiger partial charge on any atom is 0.0575 e. The van der Waals surface area contributed by atoms with E-state index < -0.39 is 0 Å². The van der Waals surface area contributed by atoms with E-state index in [4.69, 9.17) is 10.2 Å². The van der Waals surface area contributed by atoms with Crippen molar-refractivity contribution >= 4 is 15.9 Å². The normalized spacial score (nSPS) is 45.0. The Morgan fingerprint density at radius 3 is 1.78 bits per heavy atom. The van der Waals surface area contributed by atoms with Crippen LogP contribution in [0.25, 0.3) is 0 Å². The Morgan fingerprint density at radius 2 is 1.44 bits per heavy atom. The van der Waals surface area contributed by atoms with E-state index in [-0.39, 0.29) is 12.2 Å². The fourth-order valence-electron chi connectivity index (χ4n) is 1.19. The van der Waals surface area contributed by atoms with E-state index in [1.165, 1.54) is 0 Å². The van der Waals surface area contributed by atoms with Gasteiger partial charge in [-0.05, 0) is 19.3 Å². The number of halogens is 1. The van der Waals surface area contributed by atoms with Crippen molar-refractivity contribution in [2.75, 3.05) is 0 Å². The molecule has 0 aromatic carbocycles. The van der Waals surface area contributed by atoms with E-state index >= 15 is 0 Å². The molecule has 0 unspecified atom stereocenters. The Kier molecular flexibility index (Phi) is 2.50. The second-order valence-corrected chi connectivity index (χ2v) is 3.91. The van der Waals surface area contributed by atoms with Crippen LogP contribution in [0, 0.1) is 0 Å². The molecule has 2 nitrogen and oxygen atoms in total. The summed E-state index contributed by atoms with van der Waals surface area (Å²) >= 11 is 3.35. The average Bonchev–Trinajstić information content (AvgIpc) is 1.59. The lowest BCUT2D eigenvalue weighted by molar-refractivity contribution is 0.0445. The third kappa shape index (κ3) is 2.24. The Hall–Kier alpha value is 0.400. The van der Waals surface area contributed by atoms with Gasteiger partial charge in [-0.15, -0.1) is 0 Å². The molecule has 0 bridgehead atoms. The highest BCUT2D eigenvalue weighted by Crippen LogP contribution is 2.24. The number of aliphatic hydroxyl groups is 2. The van der Waals surface area contributed by atoms with Crippen LogP contribution >= 0.6 is 15.9 Å². The number of alkyl halides is 1. The molecule has 1 rings (SSSR count). The molecular weight excluding hydrogens is 184 g/mol. The second-order valence-electron chi connectivity index (χ2n) is 2.61. The number of rotatable bonds is 0. The summed E-state index contributed by atoms with van der Waals surface area (Å²) in [6, 6.07) is 0. The molecule has 9 heavy (non-hydrogen) atoms. The molecule has 1 fully saturated rings. The van der Waals surface area contributed by atoms with Crippen LogP contribution in [-0.2, 0) is 0 Å². The molecule has 0 heterocycles. The molecule has 0 amide bonds. The molecule has 54 valence electrons. The van der Waals surface area contributed by atoms with Crippen molar-refractivity contribution in [1.29, 1.82) is 0 Å². The fourth-order valence-corrected chi connectivity index (χ4v) is 2.06. The van der Waals surface area contributed by atoms with Gasteiger partial charge in [0, 0.05) is 4.83 Å². The van der Waals surface area contributed by atoms with Gasteiger partial charge in [-0.25, -0.2) is 0 Å². The Labute approximate surface area is 63.0 Å². The molecule has 0 saturated heterocycles. The summed E-state index contributed by atoms with van der Waals surface area (Å²) in [4.78, 5) is 0.302. The molecule has 0 spiro atoms. The fraction of sp³-hybridized carbons (Fsp3) is 1.00. The summed E-state index contributed by atoms with van der Waals surface area (Å²) in [6.45, 7) is 0. The molecular formula is C6H11BrO2. The minimum Gasteiger partial charge on any atom is -0.393 e. The third-order valence-electron chi connectivity index (χ3n) is 1.60. The van der Waals surface area contributed by atoms with Gasteiger partial charge in [0.1, 0.15) is 0 Å². The lowest BCUT2D eigenvalue weighted by Gasteiger charge is -2.25. The van der Waals surface area contributed by atoms with Crippen LogP contribution in [0.1, 0.15) is 19.3 Å². The largest absolute Gasteiger partial charge is 0.393 e. The summed E-state index contributed by atoms with van der Waals surface area (Å²) in [5, 5.41) is 18.1. The number of hydrogen-bond acceptors (Lipinski definition) is 2. The smallest absolute Gasteiger partial charge is 0.0575 e. The van der Waals surface area contributed by atoms with Crippen molar-refractivity contribution in [3.05, 3.63) is 0 Å². The predicted molar refractivity (Wildman–Crippen MR) is 38.6 cm³/mol. The van der Waals surface area contributed by atoms with Crippen molar-refractivity contribution in [1.82, 2.24) is 0 Å². The van der Waals surface area contributed by atoms with Gasteiger partial charge in [0.25, 0.3) is 0 Å². The van der Waals surface area contributed by atoms with E-state index in [0.29, 0.717) is 11.2 Å². The first-order valence-electron chi connectivity index (χ1n) is 3.18. The van der Waals surface area contributed by atoms with Gasteiger partial charge in [-0.3, -0.25) is 0 Å². The van der Waals surface area contributed by atoms with Gasteiger partial charge in [-0.2, -0.15) is 0 Å². The molecule has 3 atom stereocenters. The van der Waals surface area contributed by atoms with E-state index in [9.17, 15) is 0 Å². The van der Waals surface area contributed by atoms with Crippen molar-refractivity contribution in [2.45, 2.75) is 36.3 Å². The monoisotopic (exact) mass is 194 g/mol. The molecule has 0 aromatic rings. The number of hydrogen-bond donors (Lipinski definition) is 2. The zero-order valence-electron chi connectivity index (χ0n) is 5.13. The quantitative estimate of drug-likeness (QED) is 0.557. The molecule has 3 heteroatoms. The van der Waals surface area contributed by atoms with Gasteiger partial charge in [0.05, 0.1) is 12.2 Å². The molecule has 0 radical (unpaired) electrons. The van der Waals surface area contributed by atoms with Gasteiger partial charge >= 0.3 is 0 Å². The first-order chi connectivity index (χ1) is 4.18. The first kappa shape index (κ1) is 7.51. The van der Waals surface area contributed by atoms with Crippen molar-refractivity contribution in [3.8, 4) is 0 Å². The van der Waals surface area contributed by atoms with Gasteiger partial charge in [0.2, 0.25) is 0 Å². The van der Waals surface area contributed by atoms with Gasteiger partial charge in [-0.1, -0.05) is 15.9 Å². The Morgan fingerprint density at radius 1 is 1.00 bits per heavy atom. The Bertz CT molecular complexity index is 72.0. The van der Waals surface area contributed by atoms with Crippen LogP contribution < -0.4 is 0 Å². The Balaban J connectivity index is 2.34. The standard InChI is InChI=1S/C6H11BrO2/c7-4-1-5(8)3-6(9)2-4/h4-6,8-9H,1-3H2/t4-,5-,6+. The van der Waals surface area contributed by atoms with Crippen LogP contribution in [-0.4, -0.2) is 27.2 Å². The highest BCUT2D eigenvalue weighted by molar-refractivity contribution is 9.09. The number of aliphatic hydroxyl groups excluding tert-OH is 2. The molecule has 1 saturated carbocycles. The summed E-state index contributed by atoms with van der Waals surface area (Å²) in [6.07, 6.45) is 1.48. The van der Waals surface area contributed by atoms with Crippen LogP contribution in [0.15, 0.2) is 0 Å². The summed E-state index contributed by atoms with van der Waals surface area (Å²) in [7, 11) is 0. The van der Waals surface area contributed by atoms with Crippen LogP contribution in [0.4, 0.5) is 0 Å². The second kappa shape index (κ2) is 2.99. The average molecular weight is 195 g/mol. The van der Waals surface area contributed by atoms with Crippen LogP contribution in [0.5, 0.6) is 0 Å². The summed E-state index contributed by atoms with van der Waals surface area (Å²) < 4.78 is 0. The van der Waals surface area contributed by atoms with Crippen molar-refractivity contribution in [2.24, 2.45) is 0 Å². The third-order valence-corrected chi connectivity index (χ3v) is 2.35. The SMILES string of the molecule is O[C@@H]1C[C@H](O)C[C@@H](Br)C1. The molecule has 1 aliphatic rings. The molecule has 2 N–H and O–H groups in total. The molecule has 1 aliphatic carbocycles. The van der Waals surface area contributed by atoms with Crippen LogP contribution in [0.2, 0.25) is 0 Å². The zero-order valence-corrected chi connectivity index (χ0v) is 6.71. The van der Waals surface area contributed by atoms with Gasteiger partial charge < -0.3 is 10.2 Å². The maximum atomic E-state index is 9.06. The van der Waals surface area contributed by atoms with E-state index in [2.05, 4.69) is 15.9 Å². The topological polar surface area (TPSA) is 40.5 Å². The minimum absolute atomic E-state index is 0.302. The van der Waals surface area contributed by atoms with Crippen LogP contribution in [0.3, 0.4) is 0 Å². The van der Waals surface area contributed by atoms with E-state index in [1.807, 2.05) is 0 Å². The predicted octanol–water partition coefficient (Wildman–Crippen LogP) is 0.656. The summed E-state index contributed by atoms with van der Waals surface area (Å²) in [5.41, 5.74) is 0. The minimum atomic E-state index is -0.307. The van der Waals surface area contributed by atoms with E-state index in [1.54, 1.807) is 0 Å². The lowest BCUT2D eigenvalue weighted by atomic mass is 9.95. The lowest BCUT2D eigenvalue weighted by Crippen LogP contribution is -2.29. The molecule has 0 aromatic heterocycles. The molecule has 0 aliphatic heterocycles. The van der Waals surface area contributed by atoms with Gasteiger partial charge in [0.15, 0.2) is 0 Å². The highest BCUT2D eigenvalue weighted by atomic mass is 79.9. The maximum absolute atomic E-state index is 9.06. The first-order valence-corrected chi connectivity index (χ1v) is 4.10. The zero-order chi connectivity index (χ0) is 6.85.